The van der Waals surface area contributed by atoms with Crippen LogP contribution in [0.3, 0.4) is 0 Å². The van der Waals surface area contributed by atoms with E-state index < -0.39 is 18.9 Å². The summed E-state index contributed by atoms with van der Waals surface area (Å²) < 4.78 is 28.7. The fourth-order valence-corrected chi connectivity index (χ4v) is 1.51. The molecule has 0 unspecified atom stereocenters. The van der Waals surface area contributed by atoms with Crippen molar-refractivity contribution < 1.29 is 23.4 Å². The highest BCUT2D eigenvalue weighted by Gasteiger charge is 2.08. The Balaban J connectivity index is 2.35. The normalized spacial score (nSPS) is 10.7. The van der Waals surface area contributed by atoms with E-state index >= 15 is 0 Å². The van der Waals surface area contributed by atoms with Crippen LogP contribution in [0, 0.1) is 0 Å². The lowest BCUT2D eigenvalue weighted by atomic mass is 10.3. The maximum Gasteiger partial charge on any atom is 0.261 e. The Labute approximate surface area is 111 Å². The first-order valence-electron chi connectivity index (χ1n) is 5.13. The van der Waals surface area contributed by atoms with Gasteiger partial charge in [0, 0.05) is 4.47 Å². The second-order valence-corrected chi connectivity index (χ2v) is 4.34. The molecule has 1 amide bonds. The quantitative estimate of drug-likeness (QED) is 0.625. The van der Waals surface area contributed by atoms with Gasteiger partial charge in [0.05, 0.1) is 18.7 Å². The molecule has 0 aliphatic rings. The monoisotopic (exact) mass is 323 g/mol. The Bertz CT molecular complexity index is 415. The van der Waals surface area contributed by atoms with Crippen LogP contribution in [0.2, 0.25) is 0 Å². The molecule has 0 fully saturated rings. The molecular formula is C11H12BrF2NO3. The molecule has 0 heterocycles. The summed E-state index contributed by atoms with van der Waals surface area (Å²) in [6.07, 6.45) is -2.59. The van der Waals surface area contributed by atoms with Gasteiger partial charge in [0.25, 0.3) is 6.43 Å². The fraction of sp³-hybridized carbons (Fsp3) is 0.364. The number of phenolic OH excluding ortho intramolecular Hbond substituents is 1. The van der Waals surface area contributed by atoms with Gasteiger partial charge in [0.1, 0.15) is 12.4 Å². The van der Waals surface area contributed by atoms with Crippen molar-refractivity contribution in [1.82, 2.24) is 0 Å². The van der Waals surface area contributed by atoms with Gasteiger partial charge in [-0.3, -0.25) is 4.79 Å². The van der Waals surface area contributed by atoms with Crippen LogP contribution in [0.4, 0.5) is 14.5 Å². The van der Waals surface area contributed by atoms with Crippen molar-refractivity contribution in [3.63, 3.8) is 0 Å². The highest BCUT2D eigenvalue weighted by Crippen LogP contribution is 2.26. The number of aromatic hydroxyl groups is 1. The van der Waals surface area contributed by atoms with Crippen molar-refractivity contribution >= 4 is 27.5 Å². The average molecular weight is 324 g/mol. The third-order valence-electron chi connectivity index (χ3n) is 1.95. The Morgan fingerprint density at radius 1 is 1.50 bits per heavy atom. The largest absolute Gasteiger partial charge is 0.506 e. The molecule has 0 saturated carbocycles. The van der Waals surface area contributed by atoms with E-state index in [4.69, 9.17) is 0 Å². The lowest BCUT2D eigenvalue weighted by Gasteiger charge is -2.08. The number of amides is 1. The predicted octanol–water partition coefficient (Wildman–Crippen LogP) is 2.77. The van der Waals surface area contributed by atoms with Crippen LogP contribution in [-0.4, -0.2) is 30.7 Å². The lowest BCUT2D eigenvalue weighted by molar-refractivity contribution is -0.117. The number of halogens is 3. The second kappa shape index (κ2) is 7.27. The molecule has 18 heavy (non-hydrogen) atoms. The molecule has 0 aliphatic carbocycles. The van der Waals surface area contributed by atoms with E-state index in [2.05, 4.69) is 26.0 Å². The molecule has 4 nitrogen and oxygen atoms in total. The zero-order valence-corrected chi connectivity index (χ0v) is 10.9. The number of phenols is 1. The maximum atomic E-state index is 11.7. The predicted molar refractivity (Wildman–Crippen MR) is 65.9 cm³/mol. The Morgan fingerprint density at radius 2 is 2.22 bits per heavy atom. The van der Waals surface area contributed by atoms with Gasteiger partial charge in [-0.2, -0.15) is 0 Å². The van der Waals surface area contributed by atoms with Crippen LogP contribution in [0.25, 0.3) is 0 Å². The summed E-state index contributed by atoms with van der Waals surface area (Å²) in [7, 11) is 0. The van der Waals surface area contributed by atoms with E-state index in [9.17, 15) is 18.7 Å². The van der Waals surface area contributed by atoms with Crippen LogP contribution < -0.4 is 5.32 Å². The fourth-order valence-electron chi connectivity index (χ4n) is 1.16. The van der Waals surface area contributed by atoms with E-state index in [0.717, 1.165) is 0 Å². The number of hydrogen-bond acceptors (Lipinski definition) is 3. The van der Waals surface area contributed by atoms with E-state index in [0.29, 0.717) is 4.47 Å². The number of carbonyl (C=O) groups excluding carboxylic acids is 1. The van der Waals surface area contributed by atoms with E-state index in [1.807, 2.05) is 0 Å². The first kappa shape index (κ1) is 14.8. The number of rotatable bonds is 6. The standard InChI is InChI=1S/C11H12BrF2NO3/c12-7-1-2-8(9(16)5-7)15-11(17)3-4-18-6-10(13)14/h1-2,5,10,16H,3-4,6H2,(H,15,17). The molecule has 0 bridgehead atoms. The van der Waals surface area contributed by atoms with Crippen LogP contribution in [-0.2, 0) is 9.53 Å². The first-order valence-corrected chi connectivity index (χ1v) is 5.92. The van der Waals surface area contributed by atoms with Gasteiger partial charge >= 0.3 is 0 Å². The van der Waals surface area contributed by atoms with Crippen LogP contribution in [0.1, 0.15) is 6.42 Å². The van der Waals surface area contributed by atoms with Gasteiger partial charge in [0.2, 0.25) is 5.91 Å². The third kappa shape index (κ3) is 5.42. The molecule has 0 saturated heterocycles. The summed E-state index contributed by atoms with van der Waals surface area (Å²) in [5, 5.41) is 12.0. The third-order valence-corrected chi connectivity index (χ3v) is 2.44. The first-order chi connectivity index (χ1) is 8.49. The number of nitrogens with one attached hydrogen (secondary N) is 1. The number of alkyl halides is 2. The van der Waals surface area contributed by atoms with E-state index in [-0.39, 0.29) is 24.5 Å². The highest BCUT2D eigenvalue weighted by molar-refractivity contribution is 9.10. The molecule has 0 aliphatic heterocycles. The summed E-state index contributed by atoms with van der Waals surface area (Å²) in [6.45, 7) is -0.774. The van der Waals surface area contributed by atoms with Gasteiger partial charge in [0.15, 0.2) is 0 Å². The van der Waals surface area contributed by atoms with Crippen LogP contribution in [0.15, 0.2) is 22.7 Å². The van der Waals surface area contributed by atoms with Gasteiger partial charge in [-0.1, -0.05) is 15.9 Å². The zero-order valence-electron chi connectivity index (χ0n) is 9.33. The second-order valence-electron chi connectivity index (χ2n) is 3.43. The van der Waals surface area contributed by atoms with Crippen molar-refractivity contribution in [2.45, 2.75) is 12.8 Å². The molecule has 1 aromatic carbocycles. The number of carbonyl (C=O) groups is 1. The minimum Gasteiger partial charge on any atom is -0.506 e. The Morgan fingerprint density at radius 3 is 2.83 bits per heavy atom. The number of benzene rings is 1. The Kier molecular flexibility index (Phi) is 6.00. The molecule has 0 atom stereocenters. The lowest BCUT2D eigenvalue weighted by Crippen LogP contribution is -2.15. The molecule has 100 valence electrons. The molecule has 0 spiro atoms. The van der Waals surface area contributed by atoms with Gasteiger partial charge in [-0.05, 0) is 18.2 Å². The average Bonchev–Trinajstić information content (AvgIpc) is 2.28. The van der Waals surface area contributed by atoms with Crippen molar-refractivity contribution in [2.75, 3.05) is 18.5 Å². The highest BCUT2D eigenvalue weighted by atomic mass is 79.9. The van der Waals surface area contributed by atoms with Gasteiger partial charge < -0.3 is 15.2 Å². The molecule has 0 radical (unpaired) electrons. The molecular weight excluding hydrogens is 312 g/mol. The topological polar surface area (TPSA) is 58.6 Å². The molecule has 7 heteroatoms. The Hall–Kier alpha value is -1.21. The summed E-state index contributed by atoms with van der Waals surface area (Å²) in [6, 6.07) is 4.61. The maximum absolute atomic E-state index is 11.7. The smallest absolute Gasteiger partial charge is 0.261 e. The molecule has 2 N–H and O–H groups in total. The van der Waals surface area contributed by atoms with Crippen LogP contribution >= 0.6 is 15.9 Å². The van der Waals surface area contributed by atoms with E-state index in [1.165, 1.54) is 12.1 Å². The SMILES string of the molecule is O=C(CCOCC(F)F)Nc1ccc(Br)cc1O. The van der Waals surface area contributed by atoms with Crippen molar-refractivity contribution in [2.24, 2.45) is 0 Å². The van der Waals surface area contributed by atoms with Crippen molar-refractivity contribution in [1.29, 1.82) is 0 Å². The zero-order chi connectivity index (χ0) is 13.5. The summed E-state index contributed by atoms with van der Waals surface area (Å²) in [5.41, 5.74) is 0.261. The number of ether oxygens (including phenoxy) is 1. The van der Waals surface area contributed by atoms with Gasteiger partial charge in [-0.15, -0.1) is 0 Å². The molecule has 1 rings (SSSR count). The number of anilines is 1. The molecule has 1 aromatic rings. The van der Waals surface area contributed by atoms with Gasteiger partial charge in [-0.25, -0.2) is 8.78 Å². The summed E-state index contributed by atoms with van der Waals surface area (Å²) in [5.74, 6) is -0.492. The minimum absolute atomic E-state index is 0.0533. The number of hydrogen-bond donors (Lipinski definition) is 2. The summed E-state index contributed by atoms with van der Waals surface area (Å²) in [4.78, 5) is 11.4. The minimum atomic E-state index is -2.54. The van der Waals surface area contributed by atoms with E-state index in [1.54, 1.807) is 6.07 Å². The molecule has 0 aromatic heterocycles. The summed E-state index contributed by atoms with van der Waals surface area (Å²) >= 11 is 3.16. The van der Waals surface area contributed by atoms with Crippen molar-refractivity contribution in [3.8, 4) is 5.75 Å². The van der Waals surface area contributed by atoms with Crippen molar-refractivity contribution in [3.05, 3.63) is 22.7 Å². The van der Waals surface area contributed by atoms with Crippen LogP contribution in [0.5, 0.6) is 5.75 Å².